The fraction of sp³-hybridized carbons (Fsp3) is 0.643. The molecule has 0 unspecified atom stereocenters. The van der Waals surface area contributed by atoms with Gasteiger partial charge in [-0.3, -0.25) is 4.90 Å². The molecule has 1 aromatic rings. The van der Waals surface area contributed by atoms with Crippen molar-refractivity contribution in [3.05, 3.63) is 22.4 Å². The fourth-order valence-electron chi connectivity index (χ4n) is 2.04. The van der Waals surface area contributed by atoms with E-state index >= 15 is 0 Å². The number of thiophene rings is 1. The summed E-state index contributed by atoms with van der Waals surface area (Å²) in [6, 6.07) is 5.20. The van der Waals surface area contributed by atoms with Gasteiger partial charge in [-0.2, -0.15) is 0 Å². The summed E-state index contributed by atoms with van der Waals surface area (Å²) < 4.78 is 0. The van der Waals surface area contributed by atoms with Crippen LogP contribution in [0, 0.1) is 0 Å². The fourth-order valence-corrected chi connectivity index (χ4v) is 2.75. The van der Waals surface area contributed by atoms with Crippen LogP contribution in [0.2, 0.25) is 0 Å². The molecule has 1 fully saturated rings. The number of amides is 2. The van der Waals surface area contributed by atoms with E-state index in [2.05, 4.69) is 41.0 Å². The maximum atomic E-state index is 11.6. The van der Waals surface area contributed by atoms with E-state index in [-0.39, 0.29) is 6.03 Å². The van der Waals surface area contributed by atoms with Crippen LogP contribution in [-0.4, -0.2) is 43.2 Å². The molecule has 0 aliphatic heterocycles. The predicted octanol–water partition coefficient (Wildman–Crippen LogP) is 2.07. The summed E-state index contributed by atoms with van der Waals surface area (Å²) in [5, 5.41) is 7.90. The number of urea groups is 1. The zero-order chi connectivity index (χ0) is 13.7. The second kappa shape index (κ2) is 6.91. The molecule has 1 saturated carbocycles. The zero-order valence-corrected chi connectivity index (χ0v) is 12.5. The number of carbonyl (C=O) groups excluding carboxylic acids is 1. The first-order valence-electron chi connectivity index (χ1n) is 6.93. The lowest BCUT2D eigenvalue weighted by atomic mass is 10.3. The summed E-state index contributed by atoms with van der Waals surface area (Å²) in [7, 11) is 2.14. The minimum absolute atomic E-state index is 0.0624. The van der Waals surface area contributed by atoms with Crippen LogP contribution in [-0.2, 0) is 6.42 Å². The summed E-state index contributed by atoms with van der Waals surface area (Å²) in [5.41, 5.74) is 0. The van der Waals surface area contributed by atoms with Crippen molar-refractivity contribution in [3.63, 3.8) is 0 Å². The molecule has 0 aromatic carbocycles. The Bertz CT molecular complexity index is 389. The smallest absolute Gasteiger partial charge is 0.314 e. The van der Waals surface area contributed by atoms with Gasteiger partial charge in [0.15, 0.2) is 0 Å². The highest BCUT2D eigenvalue weighted by molar-refractivity contribution is 7.09. The first-order valence-corrected chi connectivity index (χ1v) is 7.81. The third kappa shape index (κ3) is 4.84. The molecule has 4 nitrogen and oxygen atoms in total. The number of likely N-dealkylation sites (N-methyl/N-ethyl adjacent to an activating group) is 1. The Labute approximate surface area is 119 Å². The van der Waals surface area contributed by atoms with E-state index < -0.39 is 0 Å². The van der Waals surface area contributed by atoms with Crippen LogP contribution in [0.4, 0.5) is 4.79 Å². The Hall–Kier alpha value is -1.07. The standard InChI is InChI=1S/C14H23N3OS/c1-11(17(2)12-5-6-12)10-16-14(18)15-8-7-13-4-3-9-19-13/h3-4,9,11-12H,5-8,10H2,1-2H3,(H2,15,16,18)/t11-/m0/s1. The summed E-state index contributed by atoms with van der Waals surface area (Å²) in [4.78, 5) is 15.3. The quantitative estimate of drug-likeness (QED) is 0.803. The van der Waals surface area contributed by atoms with E-state index in [4.69, 9.17) is 0 Å². The summed E-state index contributed by atoms with van der Waals surface area (Å²) in [5.74, 6) is 0. The van der Waals surface area contributed by atoms with Gasteiger partial charge in [0, 0.05) is 30.1 Å². The van der Waals surface area contributed by atoms with Gasteiger partial charge in [-0.15, -0.1) is 11.3 Å². The molecule has 5 heteroatoms. The zero-order valence-electron chi connectivity index (χ0n) is 11.7. The number of carbonyl (C=O) groups is 1. The highest BCUT2D eigenvalue weighted by atomic mass is 32.1. The van der Waals surface area contributed by atoms with Crippen LogP contribution in [0.1, 0.15) is 24.6 Å². The number of hydrogen-bond acceptors (Lipinski definition) is 3. The maximum Gasteiger partial charge on any atom is 0.314 e. The van der Waals surface area contributed by atoms with Gasteiger partial charge < -0.3 is 10.6 Å². The molecular formula is C14H23N3OS. The molecule has 1 aliphatic carbocycles. The van der Waals surface area contributed by atoms with E-state index in [1.54, 1.807) is 11.3 Å². The average Bonchev–Trinajstić information content (AvgIpc) is 3.13. The molecular weight excluding hydrogens is 258 g/mol. The molecule has 0 bridgehead atoms. The number of nitrogens with one attached hydrogen (secondary N) is 2. The van der Waals surface area contributed by atoms with Gasteiger partial charge in [-0.25, -0.2) is 4.79 Å². The molecule has 106 valence electrons. The minimum Gasteiger partial charge on any atom is -0.338 e. The molecule has 2 amide bonds. The maximum absolute atomic E-state index is 11.6. The Morgan fingerprint density at radius 3 is 2.95 bits per heavy atom. The van der Waals surface area contributed by atoms with Crippen molar-refractivity contribution in [2.24, 2.45) is 0 Å². The molecule has 0 radical (unpaired) electrons. The molecule has 2 rings (SSSR count). The molecule has 1 aliphatic rings. The molecule has 1 aromatic heterocycles. The van der Waals surface area contributed by atoms with Crippen molar-refractivity contribution in [1.82, 2.24) is 15.5 Å². The van der Waals surface area contributed by atoms with Crippen LogP contribution in [0.5, 0.6) is 0 Å². The van der Waals surface area contributed by atoms with E-state index in [9.17, 15) is 4.79 Å². The first kappa shape index (κ1) is 14.3. The van der Waals surface area contributed by atoms with Crippen molar-refractivity contribution < 1.29 is 4.79 Å². The van der Waals surface area contributed by atoms with E-state index in [0.717, 1.165) is 12.5 Å². The highest BCUT2D eigenvalue weighted by Gasteiger charge is 2.28. The van der Waals surface area contributed by atoms with Crippen LogP contribution in [0.3, 0.4) is 0 Å². The van der Waals surface area contributed by atoms with Crippen molar-refractivity contribution in [2.75, 3.05) is 20.1 Å². The Balaban J connectivity index is 1.56. The van der Waals surface area contributed by atoms with E-state index in [1.807, 2.05) is 6.07 Å². The summed E-state index contributed by atoms with van der Waals surface area (Å²) >= 11 is 1.73. The van der Waals surface area contributed by atoms with Gasteiger partial charge >= 0.3 is 6.03 Å². The molecule has 0 spiro atoms. The first-order chi connectivity index (χ1) is 9.16. The van der Waals surface area contributed by atoms with Crippen molar-refractivity contribution in [2.45, 2.75) is 38.3 Å². The van der Waals surface area contributed by atoms with Crippen LogP contribution in [0.15, 0.2) is 17.5 Å². The Kier molecular flexibility index (Phi) is 5.22. The lowest BCUT2D eigenvalue weighted by Gasteiger charge is -2.24. The number of rotatable bonds is 7. The summed E-state index contributed by atoms with van der Waals surface area (Å²) in [6.07, 6.45) is 3.50. The molecule has 19 heavy (non-hydrogen) atoms. The van der Waals surface area contributed by atoms with Gasteiger partial charge in [0.2, 0.25) is 0 Å². The molecule has 0 saturated heterocycles. The largest absolute Gasteiger partial charge is 0.338 e. The average molecular weight is 281 g/mol. The van der Waals surface area contributed by atoms with Crippen molar-refractivity contribution >= 4 is 17.4 Å². The van der Waals surface area contributed by atoms with Gasteiger partial charge in [0.05, 0.1) is 0 Å². The van der Waals surface area contributed by atoms with Crippen LogP contribution < -0.4 is 10.6 Å². The third-order valence-electron chi connectivity index (χ3n) is 3.61. The molecule has 1 atom stereocenters. The van der Waals surface area contributed by atoms with Gasteiger partial charge in [0.25, 0.3) is 0 Å². The van der Waals surface area contributed by atoms with Gasteiger partial charge in [0.1, 0.15) is 0 Å². The lowest BCUT2D eigenvalue weighted by molar-refractivity contribution is 0.222. The second-order valence-corrected chi connectivity index (χ2v) is 6.24. The van der Waals surface area contributed by atoms with Crippen LogP contribution in [0.25, 0.3) is 0 Å². The van der Waals surface area contributed by atoms with Crippen molar-refractivity contribution in [1.29, 1.82) is 0 Å². The lowest BCUT2D eigenvalue weighted by Crippen LogP contribution is -2.44. The SMILES string of the molecule is C[C@@H](CNC(=O)NCCc1cccs1)N(C)C1CC1. The summed E-state index contributed by atoms with van der Waals surface area (Å²) in [6.45, 7) is 3.56. The normalized spacial score (nSPS) is 16.4. The molecule has 2 N–H and O–H groups in total. The third-order valence-corrected chi connectivity index (χ3v) is 4.55. The van der Waals surface area contributed by atoms with Gasteiger partial charge in [-0.1, -0.05) is 6.07 Å². The minimum atomic E-state index is -0.0624. The monoisotopic (exact) mass is 281 g/mol. The second-order valence-electron chi connectivity index (χ2n) is 5.21. The molecule has 1 heterocycles. The number of hydrogen-bond donors (Lipinski definition) is 2. The highest BCUT2D eigenvalue weighted by Crippen LogP contribution is 2.26. The van der Waals surface area contributed by atoms with Gasteiger partial charge in [-0.05, 0) is 44.7 Å². The van der Waals surface area contributed by atoms with E-state index in [1.165, 1.54) is 17.7 Å². The number of nitrogens with zero attached hydrogens (tertiary/aromatic N) is 1. The topological polar surface area (TPSA) is 44.4 Å². The Morgan fingerprint density at radius 2 is 2.32 bits per heavy atom. The Morgan fingerprint density at radius 1 is 1.53 bits per heavy atom. The van der Waals surface area contributed by atoms with Crippen LogP contribution >= 0.6 is 11.3 Å². The predicted molar refractivity (Wildman–Crippen MR) is 79.7 cm³/mol. The van der Waals surface area contributed by atoms with E-state index in [0.29, 0.717) is 19.1 Å². The van der Waals surface area contributed by atoms with Crippen molar-refractivity contribution in [3.8, 4) is 0 Å².